The zero-order valence-electron chi connectivity index (χ0n) is 11.3. The van der Waals surface area contributed by atoms with Gasteiger partial charge in [0.1, 0.15) is 0 Å². The van der Waals surface area contributed by atoms with E-state index in [9.17, 15) is 9.59 Å². The van der Waals surface area contributed by atoms with Crippen molar-refractivity contribution < 1.29 is 19.4 Å². The van der Waals surface area contributed by atoms with E-state index in [0.717, 1.165) is 6.54 Å². The molecule has 2 N–H and O–H groups in total. The molecule has 0 aromatic heterocycles. The summed E-state index contributed by atoms with van der Waals surface area (Å²) in [7, 11) is 0. The van der Waals surface area contributed by atoms with E-state index in [1.165, 1.54) is 0 Å². The largest absolute Gasteiger partial charge is 0.481 e. The Bertz CT molecular complexity index is 342. The van der Waals surface area contributed by atoms with Crippen LogP contribution in [0.25, 0.3) is 0 Å². The zero-order chi connectivity index (χ0) is 13.8. The van der Waals surface area contributed by atoms with Crippen molar-refractivity contribution in [2.45, 2.75) is 38.3 Å². The van der Waals surface area contributed by atoms with Gasteiger partial charge in [0.25, 0.3) is 0 Å². The van der Waals surface area contributed by atoms with Crippen LogP contribution in [-0.4, -0.2) is 60.3 Å². The Morgan fingerprint density at radius 3 is 2.84 bits per heavy atom. The molecule has 0 aromatic carbocycles. The molecule has 6 nitrogen and oxygen atoms in total. The Morgan fingerprint density at radius 2 is 2.26 bits per heavy atom. The van der Waals surface area contributed by atoms with Crippen LogP contribution < -0.4 is 5.32 Å². The SMILES string of the molecule is CC1CC(C(=O)O)CCN1C(=O)CC1CNCCO1. The minimum absolute atomic E-state index is 0.00102. The number of carboxylic acid groups (broad SMARTS) is 1. The van der Waals surface area contributed by atoms with Gasteiger partial charge in [0.05, 0.1) is 25.0 Å². The van der Waals surface area contributed by atoms with Crippen LogP contribution in [0, 0.1) is 5.92 Å². The van der Waals surface area contributed by atoms with Gasteiger partial charge in [0, 0.05) is 25.7 Å². The number of carbonyl (C=O) groups excluding carboxylic acids is 1. The monoisotopic (exact) mass is 270 g/mol. The predicted octanol–water partition coefficient (Wildman–Crippen LogP) is 0.0766. The fourth-order valence-electron chi connectivity index (χ4n) is 2.83. The van der Waals surface area contributed by atoms with Crippen LogP contribution in [0.15, 0.2) is 0 Å². The summed E-state index contributed by atoms with van der Waals surface area (Å²) < 4.78 is 5.53. The van der Waals surface area contributed by atoms with E-state index in [-0.39, 0.29) is 24.0 Å². The number of aliphatic carboxylic acids is 1. The highest BCUT2D eigenvalue weighted by Gasteiger charge is 2.33. The normalized spacial score (nSPS) is 32.1. The Morgan fingerprint density at radius 1 is 1.47 bits per heavy atom. The highest BCUT2D eigenvalue weighted by molar-refractivity contribution is 5.78. The molecule has 3 unspecified atom stereocenters. The third kappa shape index (κ3) is 3.67. The zero-order valence-corrected chi connectivity index (χ0v) is 11.3. The number of hydrogen-bond acceptors (Lipinski definition) is 4. The van der Waals surface area contributed by atoms with E-state index in [2.05, 4.69) is 5.32 Å². The molecule has 2 aliphatic heterocycles. The molecule has 0 spiro atoms. The molecular weight excluding hydrogens is 248 g/mol. The molecule has 0 aromatic rings. The lowest BCUT2D eigenvalue weighted by Gasteiger charge is -2.37. The minimum Gasteiger partial charge on any atom is -0.481 e. The predicted molar refractivity (Wildman–Crippen MR) is 68.8 cm³/mol. The molecule has 1 amide bonds. The van der Waals surface area contributed by atoms with E-state index < -0.39 is 5.97 Å². The third-order valence-electron chi connectivity index (χ3n) is 3.95. The number of piperidine rings is 1. The molecule has 2 heterocycles. The molecule has 2 rings (SSSR count). The van der Waals surface area contributed by atoms with Gasteiger partial charge in [0.15, 0.2) is 0 Å². The van der Waals surface area contributed by atoms with Crippen molar-refractivity contribution in [1.82, 2.24) is 10.2 Å². The molecule has 3 atom stereocenters. The van der Waals surface area contributed by atoms with Crippen molar-refractivity contribution in [3.05, 3.63) is 0 Å². The summed E-state index contributed by atoms with van der Waals surface area (Å²) in [5, 5.41) is 12.2. The Kier molecular flexibility index (Phi) is 4.76. The fraction of sp³-hybridized carbons (Fsp3) is 0.846. The van der Waals surface area contributed by atoms with E-state index in [1.807, 2.05) is 6.92 Å². The lowest BCUT2D eigenvalue weighted by atomic mass is 9.91. The molecule has 0 saturated carbocycles. The molecule has 0 aliphatic carbocycles. The van der Waals surface area contributed by atoms with Crippen molar-refractivity contribution in [3.8, 4) is 0 Å². The van der Waals surface area contributed by atoms with E-state index >= 15 is 0 Å². The standard InChI is InChI=1S/C13H22N2O4/c1-9-6-10(13(17)18)2-4-15(9)12(16)7-11-8-14-3-5-19-11/h9-11,14H,2-8H2,1H3,(H,17,18). The summed E-state index contributed by atoms with van der Waals surface area (Å²) in [6.07, 6.45) is 1.43. The number of likely N-dealkylation sites (tertiary alicyclic amines) is 1. The molecule has 19 heavy (non-hydrogen) atoms. The van der Waals surface area contributed by atoms with Gasteiger partial charge in [-0.05, 0) is 19.8 Å². The second-order valence-electron chi connectivity index (χ2n) is 5.40. The van der Waals surface area contributed by atoms with Gasteiger partial charge in [-0.3, -0.25) is 9.59 Å². The van der Waals surface area contributed by atoms with Crippen LogP contribution >= 0.6 is 0 Å². The van der Waals surface area contributed by atoms with Gasteiger partial charge in [-0.2, -0.15) is 0 Å². The van der Waals surface area contributed by atoms with Crippen LogP contribution in [0.1, 0.15) is 26.2 Å². The first-order valence-corrected chi connectivity index (χ1v) is 6.92. The first-order valence-electron chi connectivity index (χ1n) is 6.92. The highest BCUT2D eigenvalue weighted by atomic mass is 16.5. The highest BCUT2D eigenvalue weighted by Crippen LogP contribution is 2.24. The summed E-state index contributed by atoms with van der Waals surface area (Å²) in [6.45, 7) is 4.66. The lowest BCUT2D eigenvalue weighted by molar-refractivity contribution is -0.148. The number of hydrogen-bond donors (Lipinski definition) is 2. The molecule has 108 valence electrons. The van der Waals surface area contributed by atoms with Crippen molar-refractivity contribution in [3.63, 3.8) is 0 Å². The lowest BCUT2D eigenvalue weighted by Crippen LogP contribution is -2.48. The van der Waals surface area contributed by atoms with Crippen LogP contribution in [0.4, 0.5) is 0 Å². The number of morpholine rings is 1. The summed E-state index contributed by atoms with van der Waals surface area (Å²) >= 11 is 0. The van der Waals surface area contributed by atoms with Crippen LogP contribution in [-0.2, 0) is 14.3 Å². The molecule has 2 fully saturated rings. The van der Waals surface area contributed by atoms with Gasteiger partial charge in [-0.15, -0.1) is 0 Å². The third-order valence-corrected chi connectivity index (χ3v) is 3.95. The average Bonchev–Trinajstić information content (AvgIpc) is 2.39. The first-order chi connectivity index (χ1) is 9.08. The van der Waals surface area contributed by atoms with Crippen molar-refractivity contribution in [1.29, 1.82) is 0 Å². The smallest absolute Gasteiger partial charge is 0.306 e. The molecule has 6 heteroatoms. The molecule has 0 radical (unpaired) electrons. The Hall–Kier alpha value is -1.14. The summed E-state index contributed by atoms with van der Waals surface area (Å²) in [4.78, 5) is 25.0. The number of carbonyl (C=O) groups is 2. The maximum atomic E-state index is 12.2. The number of nitrogens with one attached hydrogen (secondary N) is 1. The number of ether oxygens (including phenoxy) is 1. The maximum Gasteiger partial charge on any atom is 0.306 e. The average molecular weight is 270 g/mol. The quantitative estimate of drug-likeness (QED) is 0.759. The summed E-state index contributed by atoms with van der Waals surface area (Å²) in [5.74, 6) is -0.990. The second kappa shape index (κ2) is 6.34. The van der Waals surface area contributed by atoms with Gasteiger partial charge in [-0.1, -0.05) is 0 Å². The topological polar surface area (TPSA) is 78.9 Å². The van der Waals surface area contributed by atoms with Crippen LogP contribution in [0.5, 0.6) is 0 Å². The number of nitrogens with zero attached hydrogens (tertiary/aromatic N) is 1. The summed E-state index contributed by atoms with van der Waals surface area (Å²) in [5.41, 5.74) is 0. The van der Waals surface area contributed by atoms with Crippen LogP contribution in [0.3, 0.4) is 0 Å². The molecule has 2 saturated heterocycles. The van der Waals surface area contributed by atoms with E-state index in [0.29, 0.717) is 39.0 Å². The van der Waals surface area contributed by atoms with Gasteiger partial charge in [-0.25, -0.2) is 0 Å². The van der Waals surface area contributed by atoms with Crippen molar-refractivity contribution >= 4 is 11.9 Å². The van der Waals surface area contributed by atoms with E-state index in [4.69, 9.17) is 9.84 Å². The second-order valence-corrected chi connectivity index (χ2v) is 5.40. The summed E-state index contributed by atoms with van der Waals surface area (Å²) in [6, 6.07) is -0.00102. The number of carboxylic acids is 1. The molecule has 2 aliphatic rings. The van der Waals surface area contributed by atoms with E-state index in [1.54, 1.807) is 4.90 Å². The van der Waals surface area contributed by atoms with Gasteiger partial charge < -0.3 is 20.1 Å². The van der Waals surface area contributed by atoms with Gasteiger partial charge >= 0.3 is 5.97 Å². The fourth-order valence-corrected chi connectivity index (χ4v) is 2.83. The Labute approximate surface area is 113 Å². The molecule has 0 bridgehead atoms. The Balaban J connectivity index is 1.84. The van der Waals surface area contributed by atoms with Crippen molar-refractivity contribution in [2.75, 3.05) is 26.2 Å². The van der Waals surface area contributed by atoms with Crippen LogP contribution in [0.2, 0.25) is 0 Å². The molecular formula is C13H22N2O4. The maximum absolute atomic E-state index is 12.2. The number of amides is 1. The number of rotatable bonds is 3. The minimum atomic E-state index is -0.751. The van der Waals surface area contributed by atoms with Crippen molar-refractivity contribution in [2.24, 2.45) is 5.92 Å². The van der Waals surface area contributed by atoms with Gasteiger partial charge in [0.2, 0.25) is 5.91 Å². The first kappa shape index (κ1) is 14.3.